The number of nitrogens with zero attached hydrogens (tertiary/aromatic N) is 3. The van der Waals surface area contributed by atoms with Crippen LogP contribution in [0.2, 0.25) is 0 Å². The van der Waals surface area contributed by atoms with E-state index in [2.05, 4.69) is 26.2 Å². The van der Waals surface area contributed by atoms with Gasteiger partial charge in [-0.3, -0.25) is 9.59 Å². The highest BCUT2D eigenvalue weighted by atomic mass is 79.9. The van der Waals surface area contributed by atoms with Gasteiger partial charge in [0.2, 0.25) is 5.91 Å². The number of aliphatic imine (C=N–C) groups is 1. The van der Waals surface area contributed by atoms with Crippen LogP contribution in [0.5, 0.6) is 5.75 Å². The lowest BCUT2D eigenvalue weighted by atomic mass is 9.98. The van der Waals surface area contributed by atoms with Crippen molar-refractivity contribution in [3.8, 4) is 5.75 Å². The number of hydrogen-bond acceptors (Lipinski definition) is 6. The van der Waals surface area contributed by atoms with Crippen LogP contribution in [0.15, 0.2) is 93.4 Å². The fraction of sp³-hybridized carbons (Fsp3) is 0.185. The Balaban J connectivity index is 1.36. The maximum absolute atomic E-state index is 12.8. The maximum atomic E-state index is 12.8. The van der Waals surface area contributed by atoms with Crippen LogP contribution in [0.1, 0.15) is 30.0 Å². The first-order valence-corrected chi connectivity index (χ1v) is 13.1. The summed E-state index contributed by atoms with van der Waals surface area (Å²) < 4.78 is 6.27. The molecule has 5 rings (SSSR count). The van der Waals surface area contributed by atoms with Gasteiger partial charge in [-0.05, 0) is 59.7 Å². The highest BCUT2D eigenvalue weighted by Crippen LogP contribution is 2.39. The first kappa shape index (κ1) is 24.3. The largest absolute Gasteiger partial charge is 0.497 e. The first-order chi connectivity index (χ1) is 17.5. The second kappa shape index (κ2) is 10.7. The Kier molecular flexibility index (Phi) is 7.20. The number of amides is 2. The van der Waals surface area contributed by atoms with Gasteiger partial charge >= 0.3 is 0 Å². The zero-order chi connectivity index (χ0) is 25.1. The van der Waals surface area contributed by atoms with Crippen LogP contribution in [0.25, 0.3) is 0 Å². The smallest absolute Gasteiger partial charge is 0.262 e. The lowest BCUT2D eigenvalue weighted by Crippen LogP contribution is -2.25. The number of thioether (sulfide) groups is 1. The highest BCUT2D eigenvalue weighted by Gasteiger charge is 2.39. The molecule has 0 spiro atoms. The van der Waals surface area contributed by atoms with Crippen molar-refractivity contribution in [3.63, 3.8) is 0 Å². The molecule has 182 valence electrons. The normalized spacial score (nSPS) is 19.2. The lowest BCUT2D eigenvalue weighted by molar-refractivity contribution is -0.121. The van der Waals surface area contributed by atoms with Gasteiger partial charge in [0.15, 0.2) is 5.17 Å². The van der Waals surface area contributed by atoms with E-state index in [0.717, 1.165) is 27.1 Å². The molecule has 2 atom stereocenters. The molecule has 0 unspecified atom stereocenters. The second-order valence-corrected chi connectivity index (χ2v) is 10.4. The summed E-state index contributed by atoms with van der Waals surface area (Å²) in [5.74, 6) is 0.231. The molecule has 9 heteroatoms. The van der Waals surface area contributed by atoms with E-state index in [1.165, 1.54) is 11.8 Å². The van der Waals surface area contributed by atoms with Crippen LogP contribution in [-0.4, -0.2) is 40.1 Å². The Bertz CT molecular complexity index is 1330. The quantitative estimate of drug-likeness (QED) is 0.420. The number of carbonyl (C=O) groups is 2. The molecule has 0 aromatic heterocycles. The number of benzene rings is 3. The number of halogens is 1. The minimum absolute atomic E-state index is 0.0389. The molecule has 3 aromatic carbocycles. The van der Waals surface area contributed by atoms with Crippen molar-refractivity contribution in [2.45, 2.75) is 24.1 Å². The van der Waals surface area contributed by atoms with Crippen molar-refractivity contribution < 1.29 is 14.3 Å². The van der Waals surface area contributed by atoms with Crippen molar-refractivity contribution in [2.24, 2.45) is 10.1 Å². The standard InChI is InChI=1S/C27H23BrN4O3S/c1-35-21-13-9-17(10-14-21)22-15-23(18-7-11-19(28)12-8-18)32(31-22)27-30-26(34)24(36-27)16-25(33)29-20-5-3-2-4-6-20/h2-14,23-24H,15-16H2,1H3,(H,29,33)/t23-,24-/m1/s1. The lowest BCUT2D eigenvalue weighted by Gasteiger charge is -2.23. The molecule has 3 aromatic rings. The third-order valence-electron chi connectivity index (χ3n) is 5.94. The van der Waals surface area contributed by atoms with Crippen LogP contribution in [0.3, 0.4) is 0 Å². The summed E-state index contributed by atoms with van der Waals surface area (Å²) in [4.78, 5) is 29.6. The average molecular weight is 563 g/mol. The van der Waals surface area contributed by atoms with Crippen LogP contribution < -0.4 is 10.1 Å². The molecule has 2 aliphatic heterocycles. The first-order valence-electron chi connectivity index (χ1n) is 11.4. The van der Waals surface area contributed by atoms with E-state index < -0.39 is 5.25 Å². The van der Waals surface area contributed by atoms with E-state index in [9.17, 15) is 9.59 Å². The molecular formula is C27H23BrN4O3S. The fourth-order valence-electron chi connectivity index (χ4n) is 4.10. The van der Waals surface area contributed by atoms with Gasteiger partial charge in [-0.2, -0.15) is 10.1 Å². The SMILES string of the molecule is COc1ccc(C2=NN(C3=NC(=O)[C@@H](CC(=O)Nc4ccccc4)S3)[C@@H](c3ccc(Br)cc3)C2)cc1. The number of amidine groups is 1. The number of anilines is 1. The van der Waals surface area contributed by atoms with E-state index in [1.54, 1.807) is 7.11 Å². The van der Waals surface area contributed by atoms with Gasteiger partial charge < -0.3 is 10.1 Å². The molecular weight excluding hydrogens is 540 g/mol. The Hall–Kier alpha value is -3.43. The Morgan fingerprint density at radius 3 is 2.50 bits per heavy atom. The Morgan fingerprint density at radius 2 is 1.81 bits per heavy atom. The van der Waals surface area contributed by atoms with Crippen molar-refractivity contribution >= 4 is 56.1 Å². The summed E-state index contributed by atoms with van der Waals surface area (Å²) in [7, 11) is 1.64. The van der Waals surface area contributed by atoms with Crippen LogP contribution >= 0.6 is 27.7 Å². The van der Waals surface area contributed by atoms with E-state index in [4.69, 9.17) is 9.84 Å². The monoisotopic (exact) mass is 562 g/mol. The molecule has 2 amide bonds. The zero-order valence-corrected chi connectivity index (χ0v) is 21.8. The number of ether oxygens (including phenoxy) is 1. The third kappa shape index (κ3) is 5.37. The van der Waals surface area contributed by atoms with Crippen molar-refractivity contribution in [1.29, 1.82) is 0 Å². The molecule has 2 heterocycles. The Labute approximate surface area is 221 Å². The minimum atomic E-state index is -0.588. The minimum Gasteiger partial charge on any atom is -0.497 e. The van der Waals surface area contributed by atoms with Gasteiger partial charge in [-0.25, -0.2) is 5.01 Å². The summed E-state index contributed by atoms with van der Waals surface area (Å²) in [6.07, 6.45) is 0.693. The van der Waals surface area contributed by atoms with Gasteiger partial charge in [-0.1, -0.05) is 58.0 Å². The topological polar surface area (TPSA) is 83.4 Å². The maximum Gasteiger partial charge on any atom is 0.262 e. The summed E-state index contributed by atoms with van der Waals surface area (Å²) in [5.41, 5.74) is 3.63. The number of rotatable bonds is 6. The second-order valence-electron chi connectivity index (χ2n) is 8.35. The molecule has 0 aliphatic carbocycles. The van der Waals surface area contributed by atoms with E-state index in [0.29, 0.717) is 17.3 Å². The molecule has 36 heavy (non-hydrogen) atoms. The summed E-state index contributed by atoms with van der Waals surface area (Å²) in [6.45, 7) is 0. The molecule has 0 radical (unpaired) electrons. The molecule has 0 bridgehead atoms. The summed E-state index contributed by atoms with van der Waals surface area (Å²) >= 11 is 4.78. The molecule has 0 saturated carbocycles. The summed E-state index contributed by atoms with van der Waals surface area (Å²) in [5, 5.41) is 9.46. The fourth-order valence-corrected chi connectivity index (χ4v) is 5.42. The summed E-state index contributed by atoms with van der Waals surface area (Å²) in [6, 6.07) is 24.9. The van der Waals surface area contributed by atoms with Crippen LogP contribution in [-0.2, 0) is 9.59 Å². The van der Waals surface area contributed by atoms with Crippen LogP contribution in [0, 0.1) is 0 Å². The zero-order valence-electron chi connectivity index (χ0n) is 19.4. The van der Waals surface area contributed by atoms with Gasteiger partial charge in [0.1, 0.15) is 11.0 Å². The predicted octanol–water partition coefficient (Wildman–Crippen LogP) is 5.64. The number of methoxy groups -OCH3 is 1. The van der Waals surface area contributed by atoms with Gasteiger partial charge in [0, 0.05) is 23.0 Å². The van der Waals surface area contributed by atoms with Crippen molar-refractivity contribution in [2.75, 3.05) is 12.4 Å². The van der Waals surface area contributed by atoms with Gasteiger partial charge in [-0.15, -0.1) is 0 Å². The highest BCUT2D eigenvalue weighted by molar-refractivity contribution is 9.10. The third-order valence-corrected chi connectivity index (χ3v) is 7.61. The van der Waals surface area contributed by atoms with E-state index in [-0.39, 0.29) is 24.3 Å². The van der Waals surface area contributed by atoms with E-state index in [1.807, 2.05) is 83.9 Å². The molecule has 7 nitrogen and oxygen atoms in total. The van der Waals surface area contributed by atoms with Gasteiger partial charge in [0.25, 0.3) is 5.91 Å². The van der Waals surface area contributed by atoms with Crippen molar-refractivity contribution in [1.82, 2.24) is 5.01 Å². The van der Waals surface area contributed by atoms with Gasteiger partial charge in [0.05, 0.1) is 18.9 Å². The number of carbonyl (C=O) groups excluding carboxylic acids is 2. The average Bonchev–Trinajstić information content (AvgIpc) is 3.49. The van der Waals surface area contributed by atoms with E-state index >= 15 is 0 Å². The number of nitrogens with one attached hydrogen (secondary N) is 1. The van der Waals surface area contributed by atoms with Crippen molar-refractivity contribution in [3.05, 3.63) is 94.5 Å². The molecule has 0 fully saturated rings. The number of hydrazone groups is 1. The molecule has 2 aliphatic rings. The number of para-hydroxylation sites is 1. The molecule has 1 N–H and O–H groups in total. The van der Waals surface area contributed by atoms with Crippen LogP contribution in [0.4, 0.5) is 5.69 Å². The molecule has 0 saturated heterocycles. The predicted molar refractivity (Wildman–Crippen MR) is 146 cm³/mol. The number of hydrogen-bond donors (Lipinski definition) is 1. The Morgan fingerprint density at radius 1 is 1.08 bits per heavy atom.